The van der Waals surface area contributed by atoms with Crippen molar-refractivity contribution in [3.8, 4) is 0 Å². The maximum atomic E-state index is 10.9. The second kappa shape index (κ2) is 3.74. The lowest BCUT2D eigenvalue weighted by molar-refractivity contribution is 0.187. The summed E-state index contributed by atoms with van der Waals surface area (Å²) in [7, 11) is 1.31. The lowest BCUT2D eigenvalue weighted by Gasteiger charge is -1.96. The first kappa shape index (κ1) is 9.72. The van der Waals surface area contributed by atoms with Gasteiger partial charge in [-0.15, -0.1) is 0 Å². The van der Waals surface area contributed by atoms with Gasteiger partial charge in [0.05, 0.1) is 17.3 Å². The minimum absolute atomic E-state index is 0.502. The van der Waals surface area contributed by atoms with Crippen molar-refractivity contribution in [3.05, 3.63) is 18.2 Å². The van der Waals surface area contributed by atoms with Gasteiger partial charge in [-0.05, 0) is 18.2 Å². The zero-order valence-corrected chi connectivity index (χ0v) is 8.80. The molecular formula is C9H9N3O2S. The molecule has 0 fully saturated rings. The maximum Gasteiger partial charge on any atom is 0.413 e. The molecule has 0 radical (unpaired) electrons. The van der Waals surface area contributed by atoms with E-state index < -0.39 is 6.09 Å². The highest BCUT2D eigenvalue weighted by Gasteiger charge is 2.07. The number of amides is 1. The van der Waals surface area contributed by atoms with Gasteiger partial charge in [-0.3, -0.25) is 5.32 Å². The average Bonchev–Trinajstić information content (AvgIpc) is 2.59. The van der Waals surface area contributed by atoms with Crippen LogP contribution in [0.4, 0.5) is 15.6 Å². The summed E-state index contributed by atoms with van der Waals surface area (Å²) in [5.74, 6) is 0. The smallest absolute Gasteiger partial charge is 0.413 e. The molecule has 0 aliphatic heterocycles. The Hall–Kier alpha value is -1.82. The van der Waals surface area contributed by atoms with Gasteiger partial charge < -0.3 is 10.5 Å². The fourth-order valence-electron chi connectivity index (χ4n) is 1.13. The predicted molar refractivity (Wildman–Crippen MR) is 60.1 cm³/mol. The Morgan fingerprint density at radius 3 is 3.13 bits per heavy atom. The third-order valence-electron chi connectivity index (χ3n) is 1.81. The van der Waals surface area contributed by atoms with Crippen LogP contribution >= 0.6 is 11.3 Å². The lowest BCUT2D eigenvalue weighted by atomic mass is 10.3. The number of aromatic nitrogens is 1. The number of fused-ring (bicyclic) bond motifs is 1. The first-order chi connectivity index (χ1) is 7.19. The molecule has 2 rings (SSSR count). The first-order valence-electron chi connectivity index (χ1n) is 4.20. The van der Waals surface area contributed by atoms with Crippen LogP contribution in [0.15, 0.2) is 18.2 Å². The number of nitrogen functional groups attached to an aromatic ring is 1. The SMILES string of the molecule is COC(=O)Nc1nc2ccc(N)cc2s1. The monoisotopic (exact) mass is 223 g/mol. The Labute approximate surface area is 89.9 Å². The summed E-state index contributed by atoms with van der Waals surface area (Å²) in [5, 5.41) is 3.01. The highest BCUT2D eigenvalue weighted by atomic mass is 32.1. The number of benzene rings is 1. The number of thiazole rings is 1. The van der Waals surface area contributed by atoms with Crippen LogP contribution in [0, 0.1) is 0 Å². The quantitative estimate of drug-likeness (QED) is 0.725. The Bertz CT molecular complexity index is 509. The minimum Gasteiger partial charge on any atom is -0.453 e. The summed E-state index contributed by atoms with van der Waals surface area (Å²) in [6.07, 6.45) is -0.526. The van der Waals surface area contributed by atoms with Crippen molar-refractivity contribution in [2.24, 2.45) is 0 Å². The van der Waals surface area contributed by atoms with Crippen LogP contribution in [0.2, 0.25) is 0 Å². The molecule has 0 saturated carbocycles. The van der Waals surface area contributed by atoms with Crippen molar-refractivity contribution in [2.45, 2.75) is 0 Å². The predicted octanol–water partition coefficient (Wildman–Crippen LogP) is 2.06. The van der Waals surface area contributed by atoms with Gasteiger partial charge in [-0.1, -0.05) is 11.3 Å². The van der Waals surface area contributed by atoms with Crippen LogP contribution in [0.3, 0.4) is 0 Å². The summed E-state index contributed by atoms with van der Waals surface area (Å²) in [6, 6.07) is 5.39. The summed E-state index contributed by atoms with van der Waals surface area (Å²) in [6.45, 7) is 0. The van der Waals surface area contributed by atoms with Gasteiger partial charge in [0, 0.05) is 5.69 Å². The van der Waals surface area contributed by atoms with E-state index in [0.717, 1.165) is 10.2 Å². The number of anilines is 2. The molecule has 6 heteroatoms. The molecule has 0 aliphatic carbocycles. The number of carbonyl (C=O) groups is 1. The Morgan fingerprint density at radius 1 is 1.60 bits per heavy atom. The molecule has 0 saturated heterocycles. The minimum atomic E-state index is -0.526. The highest BCUT2D eigenvalue weighted by molar-refractivity contribution is 7.22. The molecule has 0 atom stereocenters. The average molecular weight is 223 g/mol. The number of carbonyl (C=O) groups excluding carboxylic acids is 1. The van der Waals surface area contributed by atoms with Crippen LogP contribution in [-0.2, 0) is 4.74 Å². The molecule has 1 heterocycles. The number of hydrogen-bond acceptors (Lipinski definition) is 5. The molecular weight excluding hydrogens is 214 g/mol. The molecule has 2 aromatic rings. The van der Waals surface area contributed by atoms with E-state index in [4.69, 9.17) is 5.73 Å². The van der Waals surface area contributed by atoms with Gasteiger partial charge in [0.2, 0.25) is 0 Å². The molecule has 1 aromatic heterocycles. The van der Waals surface area contributed by atoms with Gasteiger partial charge in [0.1, 0.15) is 0 Å². The van der Waals surface area contributed by atoms with Gasteiger partial charge in [0.25, 0.3) is 0 Å². The molecule has 1 amide bonds. The highest BCUT2D eigenvalue weighted by Crippen LogP contribution is 2.27. The van der Waals surface area contributed by atoms with E-state index in [0.29, 0.717) is 10.8 Å². The van der Waals surface area contributed by atoms with Crippen molar-refractivity contribution >= 4 is 38.5 Å². The second-order valence-corrected chi connectivity index (χ2v) is 3.89. The number of ether oxygens (including phenoxy) is 1. The van der Waals surface area contributed by atoms with Crippen molar-refractivity contribution in [2.75, 3.05) is 18.2 Å². The van der Waals surface area contributed by atoms with Crippen LogP contribution < -0.4 is 11.1 Å². The molecule has 1 aromatic carbocycles. The summed E-state index contributed by atoms with van der Waals surface area (Å²) >= 11 is 1.35. The van der Waals surface area contributed by atoms with E-state index in [2.05, 4.69) is 15.0 Å². The maximum absolute atomic E-state index is 10.9. The van der Waals surface area contributed by atoms with Gasteiger partial charge >= 0.3 is 6.09 Å². The summed E-state index contributed by atoms with van der Waals surface area (Å²) in [4.78, 5) is 15.1. The number of nitrogens with zero attached hydrogens (tertiary/aromatic N) is 1. The number of nitrogens with two attached hydrogens (primary N) is 1. The van der Waals surface area contributed by atoms with Crippen molar-refractivity contribution in [1.82, 2.24) is 4.98 Å². The number of hydrogen-bond donors (Lipinski definition) is 2. The fraction of sp³-hybridized carbons (Fsp3) is 0.111. The van der Waals surface area contributed by atoms with E-state index in [1.807, 2.05) is 12.1 Å². The lowest BCUT2D eigenvalue weighted by Crippen LogP contribution is -2.10. The molecule has 15 heavy (non-hydrogen) atoms. The molecule has 0 aliphatic rings. The van der Waals surface area contributed by atoms with Crippen LogP contribution in [0.25, 0.3) is 10.2 Å². The van der Waals surface area contributed by atoms with Crippen LogP contribution in [-0.4, -0.2) is 18.2 Å². The topological polar surface area (TPSA) is 77.2 Å². The normalized spacial score (nSPS) is 10.2. The fourth-order valence-corrected chi connectivity index (χ4v) is 2.03. The van der Waals surface area contributed by atoms with Gasteiger partial charge in [-0.2, -0.15) is 0 Å². The van der Waals surface area contributed by atoms with Crippen molar-refractivity contribution < 1.29 is 9.53 Å². The van der Waals surface area contributed by atoms with E-state index in [1.54, 1.807) is 6.07 Å². The molecule has 3 N–H and O–H groups in total. The first-order valence-corrected chi connectivity index (χ1v) is 5.02. The summed E-state index contributed by atoms with van der Waals surface area (Å²) < 4.78 is 5.40. The number of methoxy groups -OCH3 is 1. The standard InChI is InChI=1S/C9H9N3O2S/c1-14-9(13)12-8-11-6-3-2-5(10)4-7(6)15-8/h2-4H,10H2,1H3,(H,11,12,13). The number of rotatable bonds is 1. The van der Waals surface area contributed by atoms with Crippen LogP contribution in [0.5, 0.6) is 0 Å². The van der Waals surface area contributed by atoms with Crippen molar-refractivity contribution in [3.63, 3.8) is 0 Å². The van der Waals surface area contributed by atoms with Crippen molar-refractivity contribution in [1.29, 1.82) is 0 Å². The second-order valence-electron chi connectivity index (χ2n) is 2.86. The van der Waals surface area contributed by atoms with Gasteiger partial charge in [0.15, 0.2) is 5.13 Å². The third-order valence-corrected chi connectivity index (χ3v) is 2.74. The Balaban J connectivity index is 2.34. The van der Waals surface area contributed by atoms with E-state index >= 15 is 0 Å². The Morgan fingerprint density at radius 2 is 2.40 bits per heavy atom. The molecule has 0 unspecified atom stereocenters. The zero-order valence-electron chi connectivity index (χ0n) is 7.98. The number of nitrogens with one attached hydrogen (secondary N) is 1. The summed E-state index contributed by atoms with van der Waals surface area (Å²) in [5.41, 5.74) is 7.11. The third kappa shape index (κ3) is 1.99. The molecule has 0 bridgehead atoms. The largest absolute Gasteiger partial charge is 0.453 e. The zero-order chi connectivity index (χ0) is 10.8. The van der Waals surface area contributed by atoms with E-state index in [1.165, 1.54) is 18.4 Å². The molecule has 0 spiro atoms. The Kier molecular flexibility index (Phi) is 2.42. The van der Waals surface area contributed by atoms with Crippen LogP contribution in [0.1, 0.15) is 0 Å². The molecule has 78 valence electrons. The van der Waals surface area contributed by atoms with Gasteiger partial charge in [-0.25, -0.2) is 9.78 Å². The van der Waals surface area contributed by atoms with E-state index in [-0.39, 0.29) is 0 Å². The molecule has 5 nitrogen and oxygen atoms in total. The van der Waals surface area contributed by atoms with E-state index in [9.17, 15) is 4.79 Å².